The molecule has 0 fully saturated rings. The third kappa shape index (κ3) is 3.13. The first kappa shape index (κ1) is 14.0. The third-order valence-corrected chi connectivity index (χ3v) is 4.03. The lowest BCUT2D eigenvalue weighted by atomic mass is 9.90. The molecule has 0 saturated carbocycles. The Morgan fingerprint density at radius 2 is 2.11 bits per heavy atom. The van der Waals surface area contributed by atoms with Gasteiger partial charge in [0, 0.05) is 10.9 Å². The molecule has 0 unspecified atom stereocenters. The molecule has 4 heteroatoms. The molecule has 1 aromatic heterocycles. The molecule has 0 aliphatic rings. The normalized spacial score (nSPS) is 12.5. The van der Waals surface area contributed by atoms with Crippen LogP contribution in [0.3, 0.4) is 0 Å². The lowest BCUT2D eigenvalue weighted by Gasteiger charge is -2.30. The summed E-state index contributed by atoms with van der Waals surface area (Å²) in [6, 6.07) is 3.08. The number of hydrogen-bond acceptors (Lipinski definition) is 2. The Morgan fingerprint density at radius 1 is 1.37 bits per heavy atom. The lowest BCUT2D eigenvalue weighted by molar-refractivity contribution is 0.290. The van der Waals surface area contributed by atoms with Crippen LogP contribution in [0.4, 0.5) is 4.39 Å². The summed E-state index contributed by atoms with van der Waals surface area (Å²) in [5.41, 5.74) is 1.84. The molecule has 19 heavy (non-hydrogen) atoms. The maximum absolute atomic E-state index is 13.5. The van der Waals surface area contributed by atoms with Crippen LogP contribution in [0, 0.1) is 11.7 Å². The molecule has 3 nitrogen and oxygen atoms in total. The van der Waals surface area contributed by atoms with Crippen LogP contribution >= 0.6 is 0 Å². The predicted octanol–water partition coefficient (Wildman–Crippen LogP) is 3.27. The van der Waals surface area contributed by atoms with E-state index < -0.39 is 0 Å². The highest BCUT2D eigenvalue weighted by Gasteiger charge is 2.20. The molecule has 2 aromatic rings. The topological polar surface area (TPSA) is 40.7 Å². The Kier molecular flexibility index (Phi) is 3.90. The minimum atomic E-state index is -0.213. The van der Waals surface area contributed by atoms with Crippen molar-refractivity contribution in [2.45, 2.75) is 39.7 Å². The van der Waals surface area contributed by atoms with E-state index in [0.29, 0.717) is 5.92 Å². The molecular formula is C15H22FN3. The highest BCUT2D eigenvalue weighted by molar-refractivity contribution is 5.81. The van der Waals surface area contributed by atoms with Crippen molar-refractivity contribution in [2.75, 3.05) is 6.54 Å². The number of aromatic nitrogens is 2. The molecule has 1 heterocycles. The largest absolute Gasteiger partial charge is 0.311 e. The second-order valence-corrected chi connectivity index (χ2v) is 5.95. The molecule has 0 radical (unpaired) electrons. The van der Waals surface area contributed by atoms with E-state index in [2.05, 4.69) is 43.2 Å². The van der Waals surface area contributed by atoms with Gasteiger partial charge in [0.15, 0.2) is 0 Å². The minimum absolute atomic E-state index is 0.0861. The number of aromatic amines is 1. The van der Waals surface area contributed by atoms with Crippen molar-refractivity contribution in [3.8, 4) is 0 Å². The van der Waals surface area contributed by atoms with Gasteiger partial charge in [0.1, 0.15) is 5.82 Å². The molecule has 0 saturated heterocycles. The zero-order valence-corrected chi connectivity index (χ0v) is 12.0. The number of halogens is 1. The summed E-state index contributed by atoms with van der Waals surface area (Å²) in [5.74, 6) is 0.337. The number of H-pyrrole nitrogens is 1. The Hall–Kier alpha value is -1.42. The summed E-state index contributed by atoms with van der Waals surface area (Å²) in [7, 11) is 0. The number of hydrogen-bond donors (Lipinski definition) is 2. The fourth-order valence-corrected chi connectivity index (χ4v) is 2.02. The lowest BCUT2D eigenvalue weighted by Crippen LogP contribution is -2.44. The van der Waals surface area contributed by atoms with Gasteiger partial charge in [0.25, 0.3) is 0 Å². The average Bonchev–Trinajstić information content (AvgIpc) is 2.76. The summed E-state index contributed by atoms with van der Waals surface area (Å²) in [6.45, 7) is 9.61. The molecule has 2 rings (SSSR count). The molecule has 2 N–H and O–H groups in total. The molecule has 0 aliphatic carbocycles. The summed E-state index contributed by atoms with van der Waals surface area (Å²) in [5, 5.41) is 11.3. The predicted molar refractivity (Wildman–Crippen MR) is 76.7 cm³/mol. The van der Waals surface area contributed by atoms with Crippen LogP contribution in [0.1, 0.15) is 33.3 Å². The third-order valence-electron chi connectivity index (χ3n) is 4.03. The van der Waals surface area contributed by atoms with Crippen molar-refractivity contribution in [1.29, 1.82) is 0 Å². The monoisotopic (exact) mass is 263 g/mol. The van der Waals surface area contributed by atoms with E-state index in [9.17, 15) is 4.39 Å². The van der Waals surface area contributed by atoms with Crippen LogP contribution in [0.15, 0.2) is 18.3 Å². The van der Waals surface area contributed by atoms with Crippen LogP contribution in [0.5, 0.6) is 0 Å². The summed E-state index contributed by atoms with van der Waals surface area (Å²) in [4.78, 5) is 0. The van der Waals surface area contributed by atoms with E-state index >= 15 is 0 Å². The number of nitrogens with one attached hydrogen (secondary N) is 2. The van der Waals surface area contributed by atoms with E-state index in [0.717, 1.165) is 29.4 Å². The van der Waals surface area contributed by atoms with Crippen LogP contribution < -0.4 is 5.32 Å². The van der Waals surface area contributed by atoms with Crippen LogP contribution in [0.2, 0.25) is 0 Å². The Morgan fingerprint density at radius 3 is 2.79 bits per heavy atom. The highest BCUT2D eigenvalue weighted by Crippen LogP contribution is 2.20. The molecule has 0 bridgehead atoms. The van der Waals surface area contributed by atoms with Crippen molar-refractivity contribution in [1.82, 2.24) is 15.5 Å². The zero-order chi connectivity index (χ0) is 14.0. The fourth-order valence-electron chi connectivity index (χ4n) is 2.02. The Labute approximate surface area is 113 Å². The van der Waals surface area contributed by atoms with Crippen LogP contribution in [-0.2, 0) is 6.42 Å². The second-order valence-electron chi connectivity index (χ2n) is 5.95. The van der Waals surface area contributed by atoms with Crippen molar-refractivity contribution < 1.29 is 4.39 Å². The maximum Gasteiger partial charge on any atom is 0.125 e. The SMILES string of the molecule is CC(C)C(C)(C)NCCc1cc(F)cc2[nH]ncc12. The van der Waals surface area contributed by atoms with Gasteiger partial charge in [-0.3, -0.25) is 5.10 Å². The average molecular weight is 263 g/mol. The van der Waals surface area contributed by atoms with E-state index in [1.54, 1.807) is 12.3 Å². The Balaban J connectivity index is 2.08. The van der Waals surface area contributed by atoms with Gasteiger partial charge < -0.3 is 5.32 Å². The first-order chi connectivity index (χ1) is 8.90. The van der Waals surface area contributed by atoms with Gasteiger partial charge in [-0.2, -0.15) is 5.10 Å². The van der Waals surface area contributed by atoms with Crippen molar-refractivity contribution in [3.63, 3.8) is 0 Å². The van der Waals surface area contributed by atoms with Gasteiger partial charge in [-0.25, -0.2) is 4.39 Å². The second kappa shape index (κ2) is 5.29. The van der Waals surface area contributed by atoms with E-state index in [1.165, 1.54) is 6.07 Å². The zero-order valence-electron chi connectivity index (χ0n) is 12.0. The molecule has 0 aliphatic heterocycles. The first-order valence-electron chi connectivity index (χ1n) is 6.76. The minimum Gasteiger partial charge on any atom is -0.311 e. The fraction of sp³-hybridized carbons (Fsp3) is 0.533. The summed E-state index contributed by atoms with van der Waals surface area (Å²) in [6.07, 6.45) is 2.56. The molecule has 0 spiro atoms. The molecule has 0 atom stereocenters. The quantitative estimate of drug-likeness (QED) is 0.869. The number of nitrogens with zero attached hydrogens (tertiary/aromatic N) is 1. The van der Waals surface area contributed by atoms with E-state index in [4.69, 9.17) is 0 Å². The van der Waals surface area contributed by atoms with Gasteiger partial charge >= 0.3 is 0 Å². The number of rotatable bonds is 5. The van der Waals surface area contributed by atoms with Gasteiger partial charge in [0.05, 0.1) is 11.7 Å². The van der Waals surface area contributed by atoms with Crippen LogP contribution in [0.25, 0.3) is 10.9 Å². The first-order valence-corrected chi connectivity index (χ1v) is 6.76. The number of benzene rings is 1. The number of fused-ring (bicyclic) bond motifs is 1. The van der Waals surface area contributed by atoms with Gasteiger partial charge in [-0.05, 0) is 50.4 Å². The van der Waals surface area contributed by atoms with Crippen molar-refractivity contribution in [2.24, 2.45) is 5.92 Å². The molecule has 104 valence electrons. The molecular weight excluding hydrogens is 241 g/mol. The van der Waals surface area contributed by atoms with E-state index in [1.807, 2.05) is 0 Å². The van der Waals surface area contributed by atoms with Crippen LogP contribution in [-0.4, -0.2) is 22.3 Å². The van der Waals surface area contributed by atoms with Gasteiger partial charge in [-0.1, -0.05) is 13.8 Å². The molecule has 1 aromatic carbocycles. The summed E-state index contributed by atoms with van der Waals surface area (Å²) >= 11 is 0. The Bertz CT molecular complexity index is 558. The van der Waals surface area contributed by atoms with E-state index in [-0.39, 0.29) is 11.4 Å². The van der Waals surface area contributed by atoms with Gasteiger partial charge in [0.2, 0.25) is 0 Å². The summed E-state index contributed by atoms with van der Waals surface area (Å²) < 4.78 is 13.5. The standard InChI is InChI=1S/C15H22FN3/c1-10(2)15(3,4)17-6-5-11-7-12(16)8-14-13(11)9-18-19-14/h7-10,17H,5-6H2,1-4H3,(H,18,19). The van der Waals surface area contributed by atoms with Crippen molar-refractivity contribution in [3.05, 3.63) is 29.7 Å². The van der Waals surface area contributed by atoms with Gasteiger partial charge in [-0.15, -0.1) is 0 Å². The highest BCUT2D eigenvalue weighted by atomic mass is 19.1. The smallest absolute Gasteiger partial charge is 0.125 e. The maximum atomic E-state index is 13.5. The molecule has 0 amide bonds. The van der Waals surface area contributed by atoms with Crippen molar-refractivity contribution >= 4 is 10.9 Å².